The number of hydrogen-bond donors (Lipinski definition) is 1. The Balaban J connectivity index is 1.70. The number of piperidine rings is 1. The molecule has 2 atom stereocenters. The minimum atomic E-state index is -3.55. The van der Waals surface area contributed by atoms with Gasteiger partial charge in [0.25, 0.3) is 0 Å². The van der Waals surface area contributed by atoms with Gasteiger partial charge in [0.15, 0.2) is 0 Å². The number of nitrogens with one attached hydrogen (secondary N) is 1. The lowest BCUT2D eigenvalue weighted by Crippen LogP contribution is -2.44. The molecule has 0 aliphatic carbocycles. The second kappa shape index (κ2) is 7.72. The molecule has 0 spiro atoms. The van der Waals surface area contributed by atoms with Crippen LogP contribution in [-0.4, -0.2) is 36.9 Å². The summed E-state index contributed by atoms with van der Waals surface area (Å²) in [5.74, 6) is 0. The number of likely N-dealkylation sites (tertiary alicyclic amines) is 1. The molecule has 3 aromatic rings. The van der Waals surface area contributed by atoms with Crippen molar-refractivity contribution in [3.63, 3.8) is 0 Å². The van der Waals surface area contributed by atoms with Crippen LogP contribution >= 0.6 is 0 Å². The third kappa shape index (κ3) is 3.49. The van der Waals surface area contributed by atoms with E-state index in [4.69, 9.17) is 0 Å². The normalized spacial score (nSPS) is 21.2. The zero-order chi connectivity index (χ0) is 19.7. The van der Waals surface area contributed by atoms with Crippen LogP contribution in [0.5, 0.6) is 0 Å². The molecule has 1 aliphatic rings. The van der Waals surface area contributed by atoms with Crippen LogP contribution in [0.4, 0.5) is 0 Å². The Kier molecular flexibility index (Phi) is 5.30. The SMILES string of the molecule is CC1CCCC(C)N1CCc1cccc2[nH]cc(S(=O)(=O)c3ccccc3)c12. The van der Waals surface area contributed by atoms with Crippen LogP contribution < -0.4 is 0 Å². The van der Waals surface area contributed by atoms with Gasteiger partial charge in [-0.2, -0.15) is 0 Å². The monoisotopic (exact) mass is 396 g/mol. The predicted molar refractivity (Wildman–Crippen MR) is 113 cm³/mol. The average Bonchev–Trinajstić information content (AvgIpc) is 3.14. The molecule has 1 fully saturated rings. The third-order valence-electron chi connectivity index (χ3n) is 6.11. The van der Waals surface area contributed by atoms with Gasteiger partial charge in [-0.25, -0.2) is 8.42 Å². The fourth-order valence-electron chi connectivity index (χ4n) is 4.54. The van der Waals surface area contributed by atoms with Crippen molar-refractivity contribution < 1.29 is 8.42 Å². The van der Waals surface area contributed by atoms with Crippen molar-refractivity contribution in [1.29, 1.82) is 0 Å². The van der Waals surface area contributed by atoms with Crippen molar-refractivity contribution in [1.82, 2.24) is 9.88 Å². The number of nitrogens with zero attached hydrogens (tertiary/aromatic N) is 1. The van der Waals surface area contributed by atoms with Crippen LogP contribution in [0.15, 0.2) is 64.5 Å². The molecule has 0 bridgehead atoms. The number of sulfone groups is 1. The Labute approximate surface area is 167 Å². The first kappa shape index (κ1) is 19.2. The average molecular weight is 397 g/mol. The Morgan fingerprint density at radius 1 is 1.00 bits per heavy atom. The molecule has 4 rings (SSSR count). The van der Waals surface area contributed by atoms with E-state index in [2.05, 4.69) is 29.8 Å². The lowest BCUT2D eigenvalue weighted by Gasteiger charge is -2.39. The molecule has 28 heavy (non-hydrogen) atoms. The summed E-state index contributed by atoms with van der Waals surface area (Å²) in [5, 5.41) is 0.837. The number of aromatic amines is 1. The van der Waals surface area contributed by atoms with E-state index in [0.29, 0.717) is 21.9 Å². The Bertz CT molecular complexity index is 1050. The first-order valence-electron chi connectivity index (χ1n) is 10.1. The summed E-state index contributed by atoms with van der Waals surface area (Å²) >= 11 is 0. The maximum absolute atomic E-state index is 13.2. The van der Waals surface area contributed by atoms with Crippen LogP contribution in [0.3, 0.4) is 0 Å². The van der Waals surface area contributed by atoms with Gasteiger partial charge in [0, 0.05) is 35.7 Å². The molecular formula is C23H28N2O2S. The second-order valence-electron chi connectivity index (χ2n) is 7.93. The zero-order valence-electron chi connectivity index (χ0n) is 16.6. The van der Waals surface area contributed by atoms with Crippen LogP contribution in [0, 0.1) is 0 Å². The smallest absolute Gasteiger partial charge is 0.208 e. The maximum atomic E-state index is 13.2. The van der Waals surface area contributed by atoms with Crippen LogP contribution in [0.25, 0.3) is 10.9 Å². The first-order valence-corrected chi connectivity index (χ1v) is 11.6. The second-order valence-corrected chi connectivity index (χ2v) is 9.84. The van der Waals surface area contributed by atoms with Gasteiger partial charge in [0.2, 0.25) is 9.84 Å². The van der Waals surface area contributed by atoms with E-state index in [-0.39, 0.29) is 0 Å². The first-order chi connectivity index (χ1) is 13.5. The highest BCUT2D eigenvalue weighted by atomic mass is 32.2. The standard InChI is InChI=1S/C23H28N2O2S/c1-17-8-6-9-18(2)25(17)15-14-19-10-7-13-21-23(19)22(16-24-21)28(26,27)20-11-4-3-5-12-20/h3-5,7,10-13,16-18,24H,6,8-9,14-15H2,1-2H3. The van der Waals surface area contributed by atoms with E-state index in [1.165, 1.54) is 19.3 Å². The van der Waals surface area contributed by atoms with E-state index < -0.39 is 9.84 Å². The molecule has 1 aromatic heterocycles. The lowest BCUT2D eigenvalue weighted by molar-refractivity contribution is 0.105. The zero-order valence-corrected chi connectivity index (χ0v) is 17.4. The van der Waals surface area contributed by atoms with Crippen molar-refractivity contribution >= 4 is 20.7 Å². The van der Waals surface area contributed by atoms with Gasteiger partial charge in [-0.05, 0) is 56.9 Å². The molecule has 5 heteroatoms. The van der Waals surface area contributed by atoms with E-state index in [1.807, 2.05) is 18.2 Å². The molecule has 1 aliphatic heterocycles. The Hall–Kier alpha value is -2.11. The lowest BCUT2D eigenvalue weighted by atomic mass is 9.96. The molecule has 0 saturated carbocycles. The number of aromatic nitrogens is 1. The van der Waals surface area contributed by atoms with E-state index in [9.17, 15) is 8.42 Å². The summed E-state index contributed by atoms with van der Waals surface area (Å²) in [6, 6.07) is 15.9. The molecular weight excluding hydrogens is 368 g/mol. The molecule has 2 heterocycles. The Morgan fingerprint density at radius 2 is 1.71 bits per heavy atom. The quantitative estimate of drug-likeness (QED) is 0.674. The highest BCUT2D eigenvalue weighted by molar-refractivity contribution is 7.91. The summed E-state index contributed by atoms with van der Waals surface area (Å²) in [4.78, 5) is 6.45. The molecule has 4 nitrogen and oxygen atoms in total. The summed E-state index contributed by atoms with van der Waals surface area (Å²) in [6.07, 6.45) is 6.27. The van der Waals surface area contributed by atoms with Crippen LogP contribution in [-0.2, 0) is 16.3 Å². The van der Waals surface area contributed by atoms with Gasteiger partial charge in [0.1, 0.15) is 0 Å². The van der Waals surface area contributed by atoms with Gasteiger partial charge < -0.3 is 4.98 Å². The van der Waals surface area contributed by atoms with E-state index >= 15 is 0 Å². The largest absolute Gasteiger partial charge is 0.360 e. The van der Waals surface area contributed by atoms with Gasteiger partial charge in [-0.15, -0.1) is 0 Å². The van der Waals surface area contributed by atoms with Crippen LogP contribution in [0.2, 0.25) is 0 Å². The number of rotatable bonds is 5. The van der Waals surface area contributed by atoms with Crippen molar-refractivity contribution in [3.8, 4) is 0 Å². The fourth-order valence-corrected chi connectivity index (χ4v) is 6.03. The van der Waals surface area contributed by atoms with E-state index in [1.54, 1.807) is 30.5 Å². The van der Waals surface area contributed by atoms with Crippen molar-refractivity contribution in [2.75, 3.05) is 6.54 Å². The molecule has 0 radical (unpaired) electrons. The predicted octanol–water partition coefficient (Wildman–Crippen LogP) is 4.81. The minimum absolute atomic E-state index is 0.337. The van der Waals surface area contributed by atoms with Gasteiger partial charge in [0.05, 0.1) is 9.79 Å². The van der Waals surface area contributed by atoms with Gasteiger partial charge in [-0.1, -0.05) is 36.8 Å². The highest BCUT2D eigenvalue weighted by Gasteiger charge is 2.26. The molecule has 2 aromatic carbocycles. The van der Waals surface area contributed by atoms with Gasteiger partial charge >= 0.3 is 0 Å². The van der Waals surface area contributed by atoms with Crippen molar-refractivity contribution in [2.45, 2.75) is 61.4 Å². The van der Waals surface area contributed by atoms with Crippen molar-refractivity contribution in [2.24, 2.45) is 0 Å². The van der Waals surface area contributed by atoms with E-state index in [0.717, 1.165) is 29.4 Å². The van der Waals surface area contributed by atoms with Crippen molar-refractivity contribution in [3.05, 3.63) is 60.3 Å². The summed E-state index contributed by atoms with van der Waals surface area (Å²) in [7, 11) is -3.55. The Morgan fingerprint density at radius 3 is 2.43 bits per heavy atom. The third-order valence-corrected chi connectivity index (χ3v) is 7.91. The minimum Gasteiger partial charge on any atom is -0.360 e. The number of hydrogen-bond acceptors (Lipinski definition) is 3. The van der Waals surface area contributed by atoms with Gasteiger partial charge in [-0.3, -0.25) is 4.90 Å². The molecule has 2 unspecified atom stereocenters. The molecule has 0 amide bonds. The fraction of sp³-hybridized carbons (Fsp3) is 0.391. The summed E-state index contributed by atoms with van der Waals surface area (Å²) < 4.78 is 26.5. The molecule has 1 saturated heterocycles. The number of fused-ring (bicyclic) bond motifs is 1. The maximum Gasteiger partial charge on any atom is 0.208 e. The highest BCUT2D eigenvalue weighted by Crippen LogP contribution is 2.31. The molecule has 148 valence electrons. The molecule has 1 N–H and O–H groups in total. The topological polar surface area (TPSA) is 53.2 Å². The number of benzene rings is 2. The summed E-state index contributed by atoms with van der Waals surface area (Å²) in [6.45, 7) is 5.56. The summed E-state index contributed by atoms with van der Waals surface area (Å²) in [5.41, 5.74) is 1.98. The van der Waals surface area contributed by atoms with Crippen LogP contribution in [0.1, 0.15) is 38.7 Å². The number of H-pyrrole nitrogens is 1.